The summed E-state index contributed by atoms with van der Waals surface area (Å²) in [4.78, 5) is 23.2. The highest BCUT2D eigenvalue weighted by molar-refractivity contribution is 5.95. The molecule has 0 saturated heterocycles. The average Bonchev–Trinajstić information content (AvgIpc) is 2.28. The second-order valence-electron chi connectivity index (χ2n) is 4.07. The molecule has 0 atom stereocenters. The Bertz CT molecular complexity index is 307. The zero-order valence-electron chi connectivity index (χ0n) is 11.6. The second kappa shape index (κ2) is 9.49. The monoisotopic (exact) mass is 254 g/mol. The third kappa shape index (κ3) is 6.92. The first-order valence-electron chi connectivity index (χ1n) is 6.27. The molecule has 0 amide bonds. The van der Waals surface area contributed by atoms with Gasteiger partial charge in [-0.25, -0.2) is 0 Å². The Hall–Kier alpha value is -1.54. The average molecular weight is 254 g/mol. The SMILES string of the molecule is CCOC(=O)C(CC=C=CC(C)C)C(=O)OCC. The molecular formula is C14H22O4. The first-order valence-corrected chi connectivity index (χ1v) is 6.27. The summed E-state index contributed by atoms with van der Waals surface area (Å²) in [5.41, 5.74) is 2.94. The van der Waals surface area contributed by atoms with Crippen molar-refractivity contribution < 1.29 is 19.1 Å². The van der Waals surface area contributed by atoms with Crippen molar-refractivity contribution in [1.29, 1.82) is 0 Å². The van der Waals surface area contributed by atoms with Gasteiger partial charge >= 0.3 is 11.9 Å². The Labute approximate surface area is 109 Å². The van der Waals surface area contributed by atoms with Gasteiger partial charge in [0.05, 0.1) is 13.2 Å². The molecule has 0 spiro atoms. The van der Waals surface area contributed by atoms with Crippen LogP contribution in [-0.4, -0.2) is 25.2 Å². The molecule has 0 radical (unpaired) electrons. The van der Waals surface area contributed by atoms with E-state index in [9.17, 15) is 9.59 Å². The maximum Gasteiger partial charge on any atom is 0.320 e. The van der Waals surface area contributed by atoms with Crippen LogP contribution in [0.4, 0.5) is 0 Å². The number of ether oxygens (including phenoxy) is 2. The molecule has 0 aliphatic carbocycles. The Morgan fingerprint density at radius 3 is 2.00 bits per heavy atom. The summed E-state index contributed by atoms with van der Waals surface area (Å²) in [5, 5.41) is 0. The number of allylic oxidation sites excluding steroid dienone is 1. The molecule has 0 N–H and O–H groups in total. The predicted molar refractivity (Wildman–Crippen MR) is 68.9 cm³/mol. The minimum Gasteiger partial charge on any atom is -0.465 e. The van der Waals surface area contributed by atoms with Crippen LogP contribution in [0.15, 0.2) is 17.9 Å². The zero-order valence-corrected chi connectivity index (χ0v) is 11.6. The lowest BCUT2D eigenvalue weighted by Gasteiger charge is -2.11. The second-order valence-corrected chi connectivity index (χ2v) is 4.07. The molecule has 0 fully saturated rings. The van der Waals surface area contributed by atoms with E-state index in [0.29, 0.717) is 5.92 Å². The number of hydrogen-bond donors (Lipinski definition) is 0. The van der Waals surface area contributed by atoms with E-state index in [4.69, 9.17) is 9.47 Å². The van der Waals surface area contributed by atoms with Crippen LogP contribution in [-0.2, 0) is 19.1 Å². The molecule has 102 valence electrons. The van der Waals surface area contributed by atoms with Gasteiger partial charge in [-0.15, -0.1) is 5.73 Å². The van der Waals surface area contributed by atoms with Crippen LogP contribution in [0.1, 0.15) is 34.1 Å². The van der Waals surface area contributed by atoms with E-state index in [0.717, 1.165) is 0 Å². The van der Waals surface area contributed by atoms with E-state index in [1.54, 1.807) is 19.9 Å². The molecule has 0 saturated carbocycles. The molecule has 0 unspecified atom stereocenters. The van der Waals surface area contributed by atoms with Crippen molar-refractivity contribution in [2.24, 2.45) is 11.8 Å². The van der Waals surface area contributed by atoms with Gasteiger partial charge in [-0.3, -0.25) is 9.59 Å². The minimum absolute atomic E-state index is 0.250. The summed E-state index contributed by atoms with van der Waals surface area (Å²) in [6.45, 7) is 7.95. The van der Waals surface area contributed by atoms with Gasteiger partial charge in [-0.1, -0.05) is 13.8 Å². The largest absolute Gasteiger partial charge is 0.465 e. The fraction of sp³-hybridized carbons (Fsp3) is 0.643. The van der Waals surface area contributed by atoms with Gasteiger partial charge in [0.25, 0.3) is 0 Å². The van der Waals surface area contributed by atoms with Crippen molar-refractivity contribution in [3.63, 3.8) is 0 Å². The van der Waals surface area contributed by atoms with Crippen LogP contribution in [0.3, 0.4) is 0 Å². The molecule has 4 heteroatoms. The summed E-state index contributed by atoms with van der Waals surface area (Å²) >= 11 is 0. The lowest BCUT2D eigenvalue weighted by molar-refractivity contribution is -0.161. The Kier molecular flexibility index (Phi) is 8.67. The highest BCUT2D eigenvalue weighted by atomic mass is 16.6. The van der Waals surface area contributed by atoms with Gasteiger partial charge in [0.15, 0.2) is 5.92 Å². The summed E-state index contributed by atoms with van der Waals surface area (Å²) in [5.74, 6) is -1.60. The number of rotatable bonds is 7. The van der Waals surface area contributed by atoms with E-state index < -0.39 is 17.9 Å². The molecule has 0 aliphatic heterocycles. The maximum absolute atomic E-state index is 11.6. The summed E-state index contributed by atoms with van der Waals surface area (Å²) in [6.07, 6.45) is 3.78. The van der Waals surface area contributed by atoms with Gasteiger partial charge in [0.1, 0.15) is 0 Å². The van der Waals surface area contributed by atoms with Gasteiger partial charge in [-0.2, -0.15) is 0 Å². The minimum atomic E-state index is -0.891. The molecule has 0 aromatic carbocycles. The van der Waals surface area contributed by atoms with Crippen molar-refractivity contribution in [1.82, 2.24) is 0 Å². The van der Waals surface area contributed by atoms with E-state index in [2.05, 4.69) is 5.73 Å². The topological polar surface area (TPSA) is 52.6 Å². The summed E-state index contributed by atoms with van der Waals surface area (Å²) < 4.78 is 9.70. The van der Waals surface area contributed by atoms with Crippen LogP contribution in [0.25, 0.3) is 0 Å². The van der Waals surface area contributed by atoms with E-state index in [-0.39, 0.29) is 19.6 Å². The molecule has 0 aromatic heterocycles. The predicted octanol–water partition coefficient (Wildman–Crippen LogP) is 2.49. The lowest BCUT2D eigenvalue weighted by Crippen LogP contribution is -2.27. The lowest BCUT2D eigenvalue weighted by atomic mass is 10.1. The molecule has 0 rings (SSSR count). The van der Waals surface area contributed by atoms with E-state index in [1.807, 2.05) is 19.9 Å². The third-order valence-electron chi connectivity index (χ3n) is 2.04. The highest BCUT2D eigenvalue weighted by Crippen LogP contribution is 2.09. The highest BCUT2D eigenvalue weighted by Gasteiger charge is 2.28. The van der Waals surface area contributed by atoms with Crippen molar-refractivity contribution in [3.05, 3.63) is 17.9 Å². The summed E-state index contributed by atoms with van der Waals surface area (Å²) in [7, 11) is 0. The van der Waals surface area contributed by atoms with Crippen LogP contribution in [0, 0.1) is 11.8 Å². The fourth-order valence-corrected chi connectivity index (χ4v) is 1.22. The number of hydrogen-bond acceptors (Lipinski definition) is 4. The first-order chi connectivity index (χ1) is 8.52. The van der Waals surface area contributed by atoms with Crippen molar-refractivity contribution in [3.8, 4) is 0 Å². The zero-order chi connectivity index (χ0) is 14.0. The van der Waals surface area contributed by atoms with Crippen LogP contribution in [0.5, 0.6) is 0 Å². The van der Waals surface area contributed by atoms with Gasteiger partial charge < -0.3 is 9.47 Å². The van der Waals surface area contributed by atoms with E-state index in [1.165, 1.54) is 0 Å². The molecular weight excluding hydrogens is 232 g/mol. The smallest absolute Gasteiger partial charge is 0.320 e. The molecule has 0 bridgehead atoms. The van der Waals surface area contributed by atoms with E-state index >= 15 is 0 Å². The number of carbonyl (C=O) groups is 2. The molecule has 0 heterocycles. The molecule has 18 heavy (non-hydrogen) atoms. The van der Waals surface area contributed by atoms with Gasteiger partial charge in [0, 0.05) is 0 Å². The third-order valence-corrected chi connectivity index (χ3v) is 2.04. The van der Waals surface area contributed by atoms with Crippen LogP contribution < -0.4 is 0 Å². The summed E-state index contributed by atoms with van der Waals surface area (Å²) in [6, 6.07) is 0. The quantitative estimate of drug-likeness (QED) is 0.398. The van der Waals surface area contributed by atoms with Crippen molar-refractivity contribution in [2.45, 2.75) is 34.1 Å². The Balaban J connectivity index is 4.62. The normalized spacial score (nSPS) is 9.89. The Morgan fingerprint density at radius 2 is 1.61 bits per heavy atom. The van der Waals surface area contributed by atoms with Crippen molar-refractivity contribution >= 4 is 11.9 Å². The van der Waals surface area contributed by atoms with Gasteiger partial charge in [0.2, 0.25) is 0 Å². The number of carbonyl (C=O) groups excluding carboxylic acids is 2. The van der Waals surface area contributed by atoms with Crippen LogP contribution in [0.2, 0.25) is 0 Å². The number of esters is 2. The van der Waals surface area contributed by atoms with Crippen LogP contribution >= 0.6 is 0 Å². The van der Waals surface area contributed by atoms with Crippen molar-refractivity contribution in [2.75, 3.05) is 13.2 Å². The molecule has 0 aliphatic rings. The fourth-order valence-electron chi connectivity index (χ4n) is 1.22. The Morgan fingerprint density at radius 1 is 1.11 bits per heavy atom. The molecule has 4 nitrogen and oxygen atoms in total. The van der Waals surface area contributed by atoms with Gasteiger partial charge in [-0.05, 0) is 38.3 Å². The maximum atomic E-state index is 11.6. The first kappa shape index (κ1) is 16.5. The standard InChI is InChI=1S/C14H22O4/c1-5-17-13(15)12(14(16)18-6-2)10-8-7-9-11(3)4/h8-9,11-12H,5-6,10H2,1-4H3. The molecule has 0 aromatic rings.